The molecule has 0 aromatic heterocycles. The molecule has 0 aliphatic heterocycles. The zero-order valence-corrected chi connectivity index (χ0v) is 22.2. The van der Waals surface area contributed by atoms with E-state index < -0.39 is 28.5 Å². The van der Waals surface area contributed by atoms with Crippen LogP contribution in [-0.2, 0) is 26.2 Å². The van der Waals surface area contributed by atoms with E-state index in [9.17, 15) is 18.0 Å². The number of nitrogens with zero attached hydrogens (tertiary/aromatic N) is 2. The summed E-state index contributed by atoms with van der Waals surface area (Å²) in [5, 5.41) is 3.54. The number of hydrogen-bond donors (Lipinski definition) is 1. The maximum Gasteiger partial charge on any atom is 0.244 e. The van der Waals surface area contributed by atoms with E-state index in [2.05, 4.69) is 5.32 Å². The van der Waals surface area contributed by atoms with Gasteiger partial charge in [0, 0.05) is 17.6 Å². The molecular weight excluding hydrogens is 509 g/mol. The average Bonchev–Trinajstić information content (AvgIpc) is 3.30. The van der Waals surface area contributed by atoms with Crippen molar-refractivity contribution < 1.29 is 18.0 Å². The monoisotopic (exact) mass is 539 g/mol. The number of carbonyl (C=O) groups excluding carboxylic acids is 2. The minimum atomic E-state index is -3.87. The third-order valence-corrected chi connectivity index (χ3v) is 7.81. The van der Waals surface area contributed by atoms with Crippen LogP contribution >= 0.6 is 23.2 Å². The van der Waals surface area contributed by atoms with Gasteiger partial charge in [0.05, 0.1) is 17.0 Å². The number of sulfonamides is 1. The van der Waals surface area contributed by atoms with Gasteiger partial charge in [-0.3, -0.25) is 13.9 Å². The quantitative estimate of drug-likeness (QED) is 0.476. The van der Waals surface area contributed by atoms with Gasteiger partial charge < -0.3 is 10.2 Å². The van der Waals surface area contributed by atoms with Crippen LogP contribution < -0.4 is 9.62 Å². The number of benzene rings is 2. The molecule has 1 fully saturated rings. The second kappa shape index (κ2) is 12.1. The van der Waals surface area contributed by atoms with E-state index in [-0.39, 0.29) is 29.2 Å². The third kappa shape index (κ3) is 7.35. The van der Waals surface area contributed by atoms with E-state index in [0.29, 0.717) is 11.4 Å². The Morgan fingerprint density at radius 3 is 2.31 bits per heavy atom. The van der Waals surface area contributed by atoms with Gasteiger partial charge in [-0.15, -0.1) is 0 Å². The fraction of sp³-hybridized carbons (Fsp3) is 0.440. The first-order chi connectivity index (χ1) is 16.6. The van der Waals surface area contributed by atoms with Crippen molar-refractivity contribution in [2.24, 2.45) is 0 Å². The molecular formula is C25H31Cl2N3O4S. The lowest BCUT2D eigenvalue weighted by molar-refractivity contribution is -0.140. The summed E-state index contributed by atoms with van der Waals surface area (Å²) in [5.41, 5.74) is 0.985. The number of hydrogen-bond acceptors (Lipinski definition) is 4. The molecule has 0 spiro atoms. The summed E-state index contributed by atoms with van der Waals surface area (Å²) in [6, 6.07) is 13.1. The molecule has 1 aliphatic rings. The highest BCUT2D eigenvalue weighted by Crippen LogP contribution is 2.30. The molecule has 2 aromatic carbocycles. The molecule has 7 nitrogen and oxygen atoms in total. The van der Waals surface area contributed by atoms with E-state index in [0.717, 1.165) is 41.8 Å². The van der Waals surface area contributed by atoms with Gasteiger partial charge in [-0.1, -0.05) is 73.3 Å². The zero-order chi connectivity index (χ0) is 25.6. The first kappa shape index (κ1) is 27.3. The molecule has 1 saturated carbocycles. The highest BCUT2D eigenvalue weighted by Gasteiger charge is 2.33. The Labute approximate surface area is 217 Å². The van der Waals surface area contributed by atoms with E-state index in [1.807, 2.05) is 37.3 Å². The molecule has 0 saturated heterocycles. The van der Waals surface area contributed by atoms with Crippen LogP contribution in [0.3, 0.4) is 0 Å². The average molecular weight is 541 g/mol. The number of rotatable bonds is 10. The lowest BCUT2D eigenvalue weighted by atomic mass is 10.1. The van der Waals surface area contributed by atoms with Crippen molar-refractivity contribution in [1.29, 1.82) is 0 Å². The van der Waals surface area contributed by atoms with Crippen molar-refractivity contribution in [3.05, 3.63) is 64.1 Å². The molecule has 10 heteroatoms. The zero-order valence-electron chi connectivity index (χ0n) is 19.9. The van der Waals surface area contributed by atoms with Crippen LogP contribution in [0.1, 0.15) is 44.6 Å². The van der Waals surface area contributed by atoms with Gasteiger partial charge in [-0.25, -0.2) is 8.42 Å². The van der Waals surface area contributed by atoms with Crippen molar-refractivity contribution in [2.45, 2.75) is 57.7 Å². The Morgan fingerprint density at radius 1 is 1.09 bits per heavy atom. The van der Waals surface area contributed by atoms with Gasteiger partial charge in [0.15, 0.2) is 0 Å². The number of anilines is 1. The van der Waals surface area contributed by atoms with E-state index in [1.165, 1.54) is 23.1 Å². The molecule has 1 unspecified atom stereocenters. The third-order valence-electron chi connectivity index (χ3n) is 6.14. The van der Waals surface area contributed by atoms with E-state index >= 15 is 0 Å². The number of halogens is 2. The first-order valence-electron chi connectivity index (χ1n) is 11.7. The predicted octanol–water partition coefficient (Wildman–Crippen LogP) is 4.63. The van der Waals surface area contributed by atoms with Crippen molar-refractivity contribution in [1.82, 2.24) is 10.2 Å². The Hall–Kier alpha value is -2.29. The molecule has 190 valence electrons. The lowest BCUT2D eigenvalue weighted by Crippen LogP contribution is -2.53. The molecule has 1 N–H and O–H groups in total. The van der Waals surface area contributed by atoms with Crippen LogP contribution in [0.15, 0.2) is 48.5 Å². The summed E-state index contributed by atoms with van der Waals surface area (Å²) in [6.07, 6.45) is 5.38. The standard InChI is InChI=1S/C25H31Cl2N3O4S/c1-3-22(25(32)28-20-11-7-8-12-20)29(16-18-9-5-4-6-10-18)24(31)17-30(35(2,33)34)23-14-13-19(26)15-21(23)27/h4-6,9-10,13-15,20,22H,3,7-8,11-12,16-17H2,1-2H3,(H,28,32). The van der Waals surface area contributed by atoms with Gasteiger partial charge in [0.1, 0.15) is 12.6 Å². The van der Waals surface area contributed by atoms with Crippen LogP contribution in [0.4, 0.5) is 5.69 Å². The molecule has 0 bridgehead atoms. The largest absolute Gasteiger partial charge is 0.352 e. The summed E-state index contributed by atoms with van der Waals surface area (Å²) in [7, 11) is -3.87. The van der Waals surface area contributed by atoms with Crippen molar-refractivity contribution in [2.75, 3.05) is 17.1 Å². The fourth-order valence-corrected chi connectivity index (χ4v) is 5.77. The van der Waals surface area contributed by atoms with Crippen LogP contribution in [0.5, 0.6) is 0 Å². The minimum absolute atomic E-state index is 0.102. The van der Waals surface area contributed by atoms with Gasteiger partial charge >= 0.3 is 0 Å². The second-order valence-electron chi connectivity index (χ2n) is 8.79. The maximum atomic E-state index is 13.7. The fourth-order valence-electron chi connectivity index (χ4n) is 4.35. The SMILES string of the molecule is CCC(C(=O)NC1CCCC1)N(Cc1ccccc1)C(=O)CN(c1ccc(Cl)cc1Cl)S(C)(=O)=O. The number of amides is 2. The Kier molecular flexibility index (Phi) is 9.44. The van der Waals surface area contributed by atoms with Gasteiger partial charge in [-0.05, 0) is 43.0 Å². The molecule has 0 radical (unpaired) electrons. The normalized spacial score (nSPS) is 15.0. The highest BCUT2D eigenvalue weighted by molar-refractivity contribution is 7.92. The van der Waals surface area contributed by atoms with Gasteiger partial charge in [-0.2, -0.15) is 0 Å². The highest BCUT2D eigenvalue weighted by atomic mass is 35.5. The Morgan fingerprint density at radius 2 is 1.74 bits per heavy atom. The Balaban J connectivity index is 1.92. The van der Waals surface area contributed by atoms with Gasteiger partial charge in [0.2, 0.25) is 21.8 Å². The van der Waals surface area contributed by atoms with Crippen LogP contribution in [0.2, 0.25) is 10.0 Å². The van der Waals surface area contributed by atoms with Gasteiger partial charge in [0.25, 0.3) is 0 Å². The minimum Gasteiger partial charge on any atom is -0.352 e. The molecule has 2 aromatic rings. The summed E-state index contributed by atoms with van der Waals surface area (Å²) in [6.45, 7) is 1.51. The predicted molar refractivity (Wildman–Crippen MR) is 140 cm³/mol. The van der Waals surface area contributed by atoms with E-state index in [4.69, 9.17) is 23.2 Å². The second-order valence-corrected chi connectivity index (χ2v) is 11.5. The summed E-state index contributed by atoms with van der Waals surface area (Å²) >= 11 is 12.3. The molecule has 1 aliphatic carbocycles. The van der Waals surface area contributed by atoms with Crippen molar-refractivity contribution in [3.63, 3.8) is 0 Å². The molecule has 0 heterocycles. The van der Waals surface area contributed by atoms with E-state index in [1.54, 1.807) is 0 Å². The number of nitrogens with one attached hydrogen (secondary N) is 1. The topological polar surface area (TPSA) is 86.8 Å². The smallest absolute Gasteiger partial charge is 0.244 e. The Bertz CT molecular complexity index is 1140. The first-order valence-corrected chi connectivity index (χ1v) is 14.3. The van der Waals surface area contributed by atoms with Crippen LogP contribution in [-0.4, -0.2) is 50.0 Å². The molecule has 1 atom stereocenters. The summed E-state index contributed by atoms with van der Waals surface area (Å²) in [4.78, 5) is 28.4. The summed E-state index contributed by atoms with van der Waals surface area (Å²) in [5.74, 6) is -0.724. The summed E-state index contributed by atoms with van der Waals surface area (Å²) < 4.78 is 26.3. The van der Waals surface area contributed by atoms with Crippen molar-refractivity contribution in [3.8, 4) is 0 Å². The molecule has 35 heavy (non-hydrogen) atoms. The lowest BCUT2D eigenvalue weighted by Gasteiger charge is -2.33. The van der Waals surface area contributed by atoms with Crippen LogP contribution in [0.25, 0.3) is 0 Å². The van der Waals surface area contributed by atoms with Crippen molar-refractivity contribution >= 4 is 50.7 Å². The van der Waals surface area contributed by atoms with Crippen LogP contribution in [0, 0.1) is 0 Å². The molecule has 3 rings (SSSR count). The molecule has 2 amide bonds. The number of carbonyl (C=O) groups is 2. The maximum absolute atomic E-state index is 13.7.